The van der Waals surface area contributed by atoms with Crippen LogP contribution in [0, 0.1) is 11.3 Å². The second-order valence-electron chi connectivity index (χ2n) is 5.56. The van der Waals surface area contributed by atoms with Gasteiger partial charge in [-0.15, -0.1) is 0 Å². The van der Waals surface area contributed by atoms with Crippen LogP contribution in [0.2, 0.25) is 0 Å². The van der Waals surface area contributed by atoms with Crippen molar-refractivity contribution in [1.29, 1.82) is 5.26 Å². The van der Waals surface area contributed by atoms with E-state index in [1.54, 1.807) is 13.2 Å². The van der Waals surface area contributed by atoms with E-state index in [2.05, 4.69) is 11.0 Å². The molecule has 0 saturated carbocycles. The molecule has 2 rings (SSSR count). The second kappa shape index (κ2) is 8.74. The fourth-order valence-electron chi connectivity index (χ4n) is 2.73. The Morgan fingerprint density at radius 1 is 1.36 bits per heavy atom. The van der Waals surface area contributed by atoms with E-state index in [0.717, 1.165) is 43.8 Å². The van der Waals surface area contributed by atoms with Crippen LogP contribution in [0.25, 0.3) is 0 Å². The third kappa shape index (κ3) is 4.70. The second-order valence-corrected chi connectivity index (χ2v) is 5.56. The molecular weight excluding hydrogens is 280 g/mol. The van der Waals surface area contributed by atoms with Crippen LogP contribution in [0.1, 0.15) is 30.4 Å². The molecule has 0 aromatic heterocycles. The lowest BCUT2D eigenvalue weighted by Gasteiger charge is -2.32. The van der Waals surface area contributed by atoms with Gasteiger partial charge in [0, 0.05) is 38.4 Å². The first-order valence-corrected chi connectivity index (χ1v) is 7.78. The van der Waals surface area contributed by atoms with Gasteiger partial charge in [-0.3, -0.25) is 4.90 Å². The predicted octanol–water partition coefficient (Wildman–Crippen LogP) is 1.93. The number of aliphatic hydroxyl groups is 1. The van der Waals surface area contributed by atoms with E-state index in [-0.39, 0.29) is 6.61 Å². The molecule has 1 aliphatic rings. The number of benzene rings is 1. The van der Waals surface area contributed by atoms with Crippen LogP contribution in [-0.2, 0) is 11.3 Å². The first-order valence-electron chi connectivity index (χ1n) is 7.78. The summed E-state index contributed by atoms with van der Waals surface area (Å²) in [4.78, 5) is 2.38. The highest BCUT2D eigenvalue weighted by Gasteiger charge is 2.20. The molecule has 1 heterocycles. The van der Waals surface area contributed by atoms with Crippen molar-refractivity contribution in [2.45, 2.75) is 31.9 Å². The molecule has 5 heteroatoms. The monoisotopic (exact) mass is 304 g/mol. The number of nitriles is 1. The van der Waals surface area contributed by atoms with Crippen LogP contribution in [-0.4, -0.2) is 49.5 Å². The molecule has 0 radical (unpaired) electrons. The lowest BCUT2D eigenvalue weighted by atomic mass is 10.1. The van der Waals surface area contributed by atoms with Gasteiger partial charge in [-0.25, -0.2) is 0 Å². The van der Waals surface area contributed by atoms with Crippen molar-refractivity contribution in [3.8, 4) is 11.8 Å². The van der Waals surface area contributed by atoms with E-state index in [0.29, 0.717) is 24.7 Å². The molecule has 120 valence electrons. The summed E-state index contributed by atoms with van der Waals surface area (Å²) in [6.45, 7) is 3.65. The Balaban J connectivity index is 1.84. The van der Waals surface area contributed by atoms with Crippen molar-refractivity contribution in [2.75, 3.05) is 33.4 Å². The minimum atomic E-state index is 0.192. The van der Waals surface area contributed by atoms with Gasteiger partial charge in [-0.1, -0.05) is 6.07 Å². The highest BCUT2D eigenvalue weighted by Crippen LogP contribution is 2.23. The molecule has 0 aliphatic carbocycles. The number of piperidine rings is 1. The molecule has 22 heavy (non-hydrogen) atoms. The zero-order chi connectivity index (χ0) is 15.8. The number of rotatable bonds is 7. The van der Waals surface area contributed by atoms with Crippen LogP contribution in [0.15, 0.2) is 18.2 Å². The molecule has 0 bridgehead atoms. The highest BCUT2D eigenvalue weighted by atomic mass is 16.5. The summed E-state index contributed by atoms with van der Waals surface area (Å²) >= 11 is 0. The molecule has 1 saturated heterocycles. The average Bonchev–Trinajstić information content (AvgIpc) is 2.57. The van der Waals surface area contributed by atoms with Crippen molar-refractivity contribution >= 4 is 0 Å². The summed E-state index contributed by atoms with van der Waals surface area (Å²) in [7, 11) is 1.64. The standard InChI is InChI=1S/C17H24N2O3/c1-21-17-11-14(12-18)3-4-15(17)13-19-7-5-16(6-8-19)22-10-2-9-20/h3-4,11,16,20H,2,5-10,13H2,1H3. The molecule has 1 aliphatic heterocycles. The maximum atomic E-state index is 8.94. The van der Waals surface area contributed by atoms with Gasteiger partial charge >= 0.3 is 0 Å². The number of nitrogens with zero attached hydrogens (tertiary/aromatic N) is 2. The molecule has 0 unspecified atom stereocenters. The summed E-state index contributed by atoms with van der Waals surface area (Å²) < 4.78 is 11.1. The van der Waals surface area contributed by atoms with E-state index >= 15 is 0 Å². The smallest absolute Gasteiger partial charge is 0.124 e. The van der Waals surface area contributed by atoms with E-state index in [4.69, 9.17) is 19.8 Å². The molecule has 1 aromatic carbocycles. The minimum Gasteiger partial charge on any atom is -0.496 e. The largest absolute Gasteiger partial charge is 0.496 e. The fourth-order valence-corrected chi connectivity index (χ4v) is 2.73. The maximum absolute atomic E-state index is 8.94. The van der Waals surface area contributed by atoms with Crippen molar-refractivity contribution in [3.05, 3.63) is 29.3 Å². The van der Waals surface area contributed by atoms with E-state index in [9.17, 15) is 0 Å². The zero-order valence-corrected chi connectivity index (χ0v) is 13.1. The molecule has 0 amide bonds. The van der Waals surface area contributed by atoms with Crippen LogP contribution in [0.4, 0.5) is 0 Å². The summed E-state index contributed by atoms with van der Waals surface area (Å²) in [5.74, 6) is 0.778. The SMILES string of the molecule is COc1cc(C#N)ccc1CN1CCC(OCCCO)CC1. The first kappa shape index (κ1) is 16.8. The Hall–Kier alpha value is -1.61. The Kier molecular flexibility index (Phi) is 6.66. The van der Waals surface area contributed by atoms with Gasteiger partial charge in [0.05, 0.1) is 24.8 Å². The van der Waals surface area contributed by atoms with Crippen LogP contribution >= 0.6 is 0 Å². The Labute approximate surface area is 132 Å². The normalized spacial score (nSPS) is 16.4. The molecule has 0 atom stereocenters. The minimum absolute atomic E-state index is 0.192. The Morgan fingerprint density at radius 2 is 2.14 bits per heavy atom. The number of likely N-dealkylation sites (tertiary alicyclic amines) is 1. The van der Waals surface area contributed by atoms with Gasteiger partial charge in [0.15, 0.2) is 0 Å². The fraction of sp³-hybridized carbons (Fsp3) is 0.588. The van der Waals surface area contributed by atoms with Crippen LogP contribution in [0.5, 0.6) is 5.75 Å². The summed E-state index contributed by atoms with van der Waals surface area (Å²) in [6.07, 6.45) is 3.06. The third-order valence-corrected chi connectivity index (χ3v) is 4.00. The van der Waals surface area contributed by atoms with Crippen molar-refractivity contribution in [2.24, 2.45) is 0 Å². The van der Waals surface area contributed by atoms with E-state index in [1.807, 2.05) is 12.1 Å². The third-order valence-electron chi connectivity index (χ3n) is 4.00. The summed E-state index contributed by atoms with van der Waals surface area (Å²) in [5, 5.41) is 17.7. The molecule has 5 nitrogen and oxygen atoms in total. The predicted molar refractivity (Wildman–Crippen MR) is 83.7 cm³/mol. The first-order chi connectivity index (χ1) is 10.8. The van der Waals surface area contributed by atoms with Crippen molar-refractivity contribution < 1.29 is 14.6 Å². The molecular formula is C17H24N2O3. The van der Waals surface area contributed by atoms with E-state index < -0.39 is 0 Å². The highest BCUT2D eigenvalue weighted by molar-refractivity contribution is 5.42. The lowest BCUT2D eigenvalue weighted by Crippen LogP contribution is -2.36. The average molecular weight is 304 g/mol. The molecule has 1 fully saturated rings. The number of hydrogen-bond donors (Lipinski definition) is 1. The number of aliphatic hydroxyl groups excluding tert-OH is 1. The van der Waals surface area contributed by atoms with Gasteiger partial charge in [0.2, 0.25) is 0 Å². The maximum Gasteiger partial charge on any atom is 0.124 e. The van der Waals surface area contributed by atoms with Gasteiger partial charge in [0.1, 0.15) is 5.75 Å². The van der Waals surface area contributed by atoms with Crippen LogP contribution < -0.4 is 4.74 Å². The lowest BCUT2D eigenvalue weighted by molar-refractivity contribution is 0.000690. The Bertz CT molecular complexity index is 505. The summed E-state index contributed by atoms with van der Waals surface area (Å²) in [5.41, 5.74) is 1.73. The van der Waals surface area contributed by atoms with Crippen molar-refractivity contribution in [1.82, 2.24) is 4.90 Å². The van der Waals surface area contributed by atoms with Gasteiger partial charge in [-0.05, 0) is 31.4 Å². The van der Waals surface area contributed by atoms with Gasteiger partial charge < -0.3 is 14.6 Å². The quantitative estimate of drug-likeness (QED) is 0.780. The van der Waals surface area contributed by atoms with Gasteiger partial charge in [-0.2, -0.15) is 5.26 Å². The molecule has 1 aromatic rings. The topological polar surface area (TPSA) is 65.7 Å². The number of ether oxygens (including phenoxy) is 2. The number of methoxy groups -OCH3 is 1. The van der Waals surface area contributed by atoms with E-state index in [1.165, 1.54) is 0 Å². The molecule has 1 N–H and O–H groups in total. The van der Waals surface area contributed by atoms with Crippen molar-refractivity contribution in [3.63, 3.8) is 0 Å². The Morgan fingerprint density at radius 3 is 2.77 bits per heavy atom. The molecule has 0 spiro atoms. The van der Waals surface area contributed by atoms with Crippen LogP contribution in [0.3, 0.4) is 0 Å². The number of hydrogen-bond acceptors (Lipinski definition) is 5. The zero-order valence-electron chi connectivity index (χ0n) is 13.1. The van der Waals surface area contributed by atoms with Gasteiger partial charge in [0.25, 0.3) is 0 Å². The summed E-state index contributed by atoms with van der Waals surface area (Å²) in [6, 6.07) is 7.74.